The van der Waals surface area contributed by atoms with Crippen molar-refractivity contribution >= 4 is 29.8 Å². The van der Waals surface area contributed by atoms with Gasteiger partial charge in [-0.15, -0.1) is 12.4 Å². The zero-order valence-corrected chi connectivity index (χ0v) is 23.5. The molecule has 0 spiro atoms. The van der Waals surface area contributed by atoms with Crippen molar-refractivity contribution < 1.29 is 14.0 Å². The zero-order chi connectivity index (χ0) is 25.8. The van der Waals surface area contributed by atoms with Crippen LogP contribution in [0, 0.1) is 12.7 Å². The van der Waals surface area contributed by atoms with Gasteiger partial charge < -0.3 is 9.80 Å². The van der Waals surface area contributed by atoms with Gasteiger partial charge in [0.2, 0.25) is 5.91 Å². The number of ketones is 1. The van der Waals surface area contributed by atoms with Gasteiger partial charge >= 0.3 is 0 Å². The summed E-state index contributed by atoms with van der Waals surface area (Å²) in [7, 11) is 0. The van der Waals surface area contributed by atoms with E-state index >= 15 is 0 Å². The quantitative estimate of drug-likeness (QED) is 0.215. The average molecular weight is 519 g/mol. The van der Waals surface area contributed by atoms with E-state index in [1.54, 1.807) is 26.0 Å². The molecule has 3 rings (SSSR count). The fourth-order valence-corrected chi connectivity index (χ4v) is 4.29. The number of benzene rings is 2. The maximum atomic E-state index is 12.3. The van der Waals surface area contributed by atoms with Crippen molar-refractivity contribution in [3.8, 4) is 0 Å². The van der Waals surface area contributed by atoms with Crippen molar-refractivity contribution in [2.75, 3.05) is 31.1 Å². The Morgan fingerprint density at radius 2 is 1.47 bits per heavy atom. The van der Waals surface area contributed by atoms with E-state index in [4.69, 9.17) is 0 Å². The number of hydrogen-bond acceptors (Lipinski definition) is 3. The maximum Gasteiger partial charge on any atom is 0.223 e. The van der Waals surface area contributed by atoms with E-state index in [1.165, 1.54) is 30.5 Å². The molecule has 4 nitrogen and oxygen atoms in total. The van der Waals surface area contributed by atoms with Crippen LogP contribution in [-0.4, -0.2) is 42.8 Å². The van der Waals surface area contributed by atoms with Crippen LogP contribution in [0.2, 0.25) is 0 Å². The zero-order valence-electron chi connectivity index (χ0n) is 22.7. The molecular weight excluding hydrogens is 475 g/mol. The third kappa shape index (κ3) is 10.8. The Balaban J connectivity index is 0.000000611. The smallest absolute Gasteiger partial charge is 0.223 e. The van der Waals surface area contributed by atoms with Gasteiger partial charge in [-0.3, -0.25) is 9.59 Å². The normalized spacial score (nSPS) is 12.4. The second kappa shape index (κ2) is 16.5. The summed E-state index contributed by atoms with van der Waals surface area (Å²) in [6.45, 7) is 13.8. The summed E-state index contributed by atoms with van der Waals surface area (Å²) < 4.78 is 12.1. The summed E-state index contributed by atoms with van der Waals surface area (Å²) in [6, 6.07) is 12.3. The minimum Gasteiger partial charge on any atom is -0.312 e. The predicted octanol–water partition coefficient (Wildman–Crippen LogP) is 7.58. The van der Waals surface area contributed by atoms with Crippen LogP contribution in [0.4, 0.5) is 10.1 Å². The topological polar surface area (TPSA) is 40.6 Å². The van der Waals surface area contributed by atoms with Gasteiger partial charge in [0.15, 0.2) is 5.78 Å². The van der Waals surface area contributed by atoms with Gasteiger partial charge in [-0.05, 0) is 114 Å². The summed E-state index contributed by atoms with van der Waals surface area (Å²) in [6.07, 6.45) is 6.79. The SMILES string of the molecule is CCCN(CCC)CCCCN(C(C)=O)c1ccc(C(C)=O)cc1C1CC1.Cc1ccc(F)cc1.Cl. The number of rotatable bonds is 12. The molecule has 2 aromatic rings. The van der Waals surface area contributed by atoms with E-state index < -0.39 is 0 Å². The molecule has 0 unspecified atom stereocenters. The van der Waals surface area contributed by atoms with Crippen molar-refractivity contribution in [1.29, 1.82) is 0 Å². The van der Waals surface area contributed by atoms with E-state index in [0.29, 0.717) is 5.92 Å². The molecule has 1 saturated carbocycles. The summed E-state index contributed by atoms with van der Waals surface area (Å²) >= 11 is 0. The molecule has 0 heterocycles. The largest absolute Gasteiger partial charge is 0.312 e. The molecular formula is C30H44ClFN2O2. The van der Waals surface area contributed by atoms with Gasteiger partial charge in [0.1, 0.15) is 5.82 Å². The van der Waals surface area contributed by atoms with Crippen molar-refractivity contribution in [3.63, 3.8) is 0 Å². The lowest BCUT2D eigenvalue weighted by Crippen LogP contribution is -2.32. The summed E-state index contributed by atoms with van der Waals surface area (Å²) in [5.41, 5.74) is 4.02. The summed E-state index contributed by atoms with van der Waals surface area (Å²) in [5, 5.41) is 0. The third-order valence-corrected chi connectivity index (χ3v) is 6.32. The molecule has 0 radical (unpaired) electrons. The number of hydrogen-bond donors (Lipinski definition) is 0. The Kier molecular flexibility index (Phi) is 14.6. The Labute approximate surface area is 223 Å². The number of Topliss-reactive ketones (excluding diaryl/α,β-unsaturated/α-hetero) is 1. The van der Waals surface area contributed by atoms with E-state index in [1.807, 2.05) is 30.0 Å². The predicted molar refractivity (Wildman–Crippen MR) is 151 cm³/mol. The molecule has 2 aromatic carbocycles. The fraction of sp³-hybridized carbons (Fsp3) is 0.533. The Hall–Kier alpha value is -2.24. The standard InChI is InChI=1S/C23H36N2O2.C7H7F.ClH/c1-5-13-24(14-6-2)15-7-8-16-25(19(4)27)23-12-11-21(18(3)26)17-22(23)20-9-10-20;1-6-2-4-7(8)5-3-6;/h11-12,17,20H,5-10,13-16H2,1-4H3;2-5H,1H3;1H. The highest BCUT2D eigenvalue weighted by atomic mass is 35.5. The van der Waals surface area contributed by atoms with Gasteiger partial charge in [0.25, 0.3) is 0 Å². The second-order valence-corrected chi connectivity index (χ2v) is 9.62. The first kappa shape index (κ1) is 31.8. The molecule has 1 fully saturated rings. The molecule has 200 valence electrons. The van der Waals surface area contributed by atoms with E-state index in [2.05, 4.69) is 18.7 Å². The molecule has 0 atom stereocenters. The van der Waals surface area contributed by atoms with Crippen LogP contribution < -0.4 is 4.90 Å². The summed E-state index contributed by atoms with van der Waals surface area (Å²) in [4.78, 5) is 28.5. The Morgan fingerprint density at radius 1 is 0.889 bits per heavy atom. The number of aryl methyl sites for hydroxylation is 1. The van der Waals surface area contributed by atoms with E-state index in [-0.39, 0.29) is 29.9 Å². The lowest BCUT2D eigenvalue weighted by atomic mass is 10.0. The van der Waals surface area contributed by atoms with Gasteiger partial charge in [0.05, 0.1) is 0 Å². The highest BCUT2D eigenvalue weighted by molar-refractivity contribution is 5.97. The first-order valence-electron chi connectivity index (χ1n) is 13.1. The third-order valence-electron chi connectivity index (χ3n) is 6.32. The number of anilines is 1. The first-order valence-corrected chi connectivity index (χ1v) is 13.1. The number of unbranched alkanes of at least 4 members (excludes halogenated alkanes) is 1. The number of carbonyl (C=O) groups excluding carboxylic acids is 2. The van der Waals surface area contributed by atoms with Crippen LogP contribution in [0.3, 0.4) is 0 Å². The molecule has 0 aromatic heterocycles. The van der Waals surface area contributed by atoms with Gasteiger partial charge in [-0.25, -0.2) is 4.39 Å². The lowest BCUT2D eigenvalue weighted by molar-refractivity contribution is -0.116. The monoisotopic (exact) mass is 518 g/mol. The van der Waals surface area contributed by atoms with Crippen LogP contribution in [0.15, 0.2) is 42.5 Å². The minimum atomic E-state index is -0.171. The molecule has 0 bridgehead atoms. The van der Waals surface area contributed by atoms with Crippen LogP contribution >= 0.6 is 12.4 Å². The Morgan fingerprint density at radius 3 is 1.94 bits per heavy atom. The van der Waals surface area contributed by atoms with Crippen LogP contribution in [0.25, 0.3) is 0 Å². The van der Waals surface area contributed by atoms with Crippen molar-refractivity contribution in [2.24, 2.45) is 0 Å². The maximum absolute atomic E-state index is 12.3. The van der Waals surface area contributed by atoms with Crippen molar-refractivity contribution in [1.82, 2.24) is 4.90 Å². The molecule has 6 heteroatoms. The fourth-order valence-electron chi connectivity index (χ4n) is 4.29. The average Bonchev–Trinajstić information content (AvgIpc) is 3.66. The van der Waals surface area contributed by atoms with Crippen LogP contribution in [-0.2, 0) is 4.79 Å². The number of carbonyl (C=O) groups is 2. The number of amides is 1. The number of halogens is 2. The molecule has 0 N–H and O–H groups in total. The first-order chi connectivity index (χ1) is 16.8. The molecule has 1 aliphatic rings. The van der Waals surface area contributed by atoms with Crippen LogP contribution in [0.1, 0.15) is 93.6 Å². The molecule has 36 heavy (non-hydrogen) atoms. The molecule has 0 saturated heterocycles. The van der Waals surface area contributed by atoms with Gasteiger partial charge in [-0.2, -0.15) is 0 Å². The van der Waals surface area contributed by atoms with E-state index in [0.717, 1.165) is 68.7 Å². The summed E-state index contributed by atoms with van der Waals surface area (Å²) in [5.74, 6) is 0.512. The second-order valence-electron chi connectivity index (χ2n) is 9.62. The number of nitrogens with zero attached hydrogens (tertiary/aromatic N) is 2. The molecule has 1 amide bonds. The molecule has 0 aliphatic heterocycles. The van der Waals surface area contributed by atoms with Gasteiger partial charge in [0, 0.05) is 24.7 Å². The highest BCUT2D eigenvalue weighted by Crippen LogP contribution is 2.45. The minimum absolute atomic E-state index is 0. The van der Waals surface area contributed by atoms with Crippen molar-refractivity contribution in [3.05, 3.63) is 65.0 Å². The lowest BCUT2D eigenvalue weighted by Gasteiger charge is -2.26. The Bertz CT molecular complexity index is 917. The van der Waals surface area contributed by atoms with Crippen molar-refractivity contribution in [2.45, 2.75) is 79.1 Å². The van der Waals surface area contributed by atoms with Gasteiger partial charge in [-0.1, -0.05) is 31.5 Å². The van der Waals surface area contributed by atoms with E-state index in [9.17, 15) is 14.0 Å². The highest BCUT2D eigenvalue weighted by Gasteiger charge is 2.29. The molecule has 1 aliphatic carbocycles. The van der Waals surface area contributed by atoms with Crippen LogP contribution in [0.5, 0.6) is 0 Å².